The van der Waals surface area contributed by atoms with Gasteiger partial charge in [-0.25, -0.2) is 4.98 Å². The third-order valence-electron chi connectivity index (χ3n) is 4.18. The highest BCUT2D eigenvalue weighted by atomic mass is 32.1. The number of thiazole rings is 1. The topological polar surface area (TPSA) is 56.1 Å². The Kier molecular flexibility index (Phi) is 5.42. The van der Waals surface area contributed by atoms with E-state index in [9.17, 15) is 4.79 Å². The molecule has 0 unspecified atom stereocenters. The molecule has 1 N–H and O–H groups in total. The number of nitrogens with one attached hydrogen (secondary N) is 1. The van der Waals surface area contributed by atoms with Gasteiger partial charge in [0, 0.05) is 12.4 Å². The van der Waals surface area contributed by atoms with E-state index in [4.69, 9.17) is 4.74 Å². The van der Waals surface area contributed by atoms with Crippen molar-refractivity contribution >= 4 is 17.2 Å². The van der Waals surface area contributed by atoms with Gasteiger partial charge in [-0.1, -0.05) is 37.3 Å². The Morgan fingerprint density at radius 3 is 2.38 bits per heavy atom. The molecule has 1 aromatic carbocycles. The molecule has 1 amide bonds. The summed E-state index contributed by atoms with van der Waals surface area (Å²) in [7, 11) is 1.64. The van der Waals surface area contributed by atoms with Crippen LogP contribution in [0.25, 0.3) is 5.13 Å². The van der Waals surface area contributed by atoms with Crippen molar-refractivity contribution in [3.8, 4) is 10.9 Å². The summed E-state index contributed by atoms with van der Waals surface area (Å²) in [5.74, 6) is 0.883. The Morgan fingerprint density at radius 1 is 1.15 bits per heavy atom. The number of hydrogen-bond acceptors (Lipinski definition) is 4. The van der Waals surface area contributed by atoms with Crippen molar-refractivity contribution < 1.29 is 9.53 Å². The van der Waals surface area contributed by atoms with Crippen LogP contribution in [-0.2, 0) is 0 Å². The fourth-order valence-electron chi connectivity index (χ4n) is 2.68. The molecule has 0 spiro atoms. The summed E-state index contributed by atoms with van der Waals surface area (Å²) in [6.45, 7) is 6.08. The standard InChI is InChI=1S/C20H23N3O2S/c1-13(2)17-18(26-20(22-17)23-11-5-6-12-23)19(24)21-14(3)15-7-9-16(25-4)10-8-15/h5-14H,1-4H3,(H,21,24)/t14-/m1/s1. The van der Waals surface area contributed by atoms with Gasteiger partial charge in [-0.15, -0.1) is 0 Å². The minimum Gasteiger partial charge on any atom is -0.497 e. The maximum atomic E-state index is 12.9. The molecule has 0 bridgehead atoms. The van der Waals surface area contributed by atoms with Gasteiger partial charge in [0.25, 0.3) is 5.91 Å². The summed E-state index contributed by atoms with van der Waals surface area (Å²) in [5, 5.41) is 3.89. The van der Waals surface area contributed by atoms with Crippen LogP contribution in [0.5, 0.6) is 5.75 Å². The summed E-state index contributed by atoms with van der Waals surface area (Å²) in [6.07, 6.45) is 3.87. The van der Waals surface area contributed by atoms with Gasteiger partial charge < -0.3 is 14.6 Å². The summed E-state index contributed by atoms with van der Waals surface area (Å²) in [6, 6.07) is 11.5. The molecule has 0 fully saturated rings. The number of ether oxygens (including phenoxy) is 1. The summed E-state index contributed by atoms with van der Waals surface area (Å²) < 4.78 is 7.11. The summed E-state index contributed by atoms with van der Waals surface area (Å²) in [5.41, 5.74) is 1.86. The molecule has 6 heteroatoms. The first kappa shape index (κ1) is 18.2. The Hall–Kier alpha value is -2.60. The van der Waals surface area contributed by atoms with E-state index in [0.717, 1.165) is 22.1 Å². The van der Waals surface area contributed by atoms with Crippen molar-refractivity contribution in [2.24, 2.45) is 0 Å². The molecular formula is C20H23N3O2S. The van der Waals surface area contributed by atoms with Crippen molar-refractivity contribution in [1.82, 2.24) is 14.9 Å². The fraction of sp³-hybridized carbons (Fsp3) is 0.300. The van der Waals surface area contributed by atoms with Crippen molar-refractivity contribution in [1.29, 1.82) is 0 Å². The molecule has 0 saturated carbocycles. The van der Waals surface area contributed by atoms with Crippen molar-refractivity contribution in [2.45, 2.75) is 32.7 Å². The fourth-order valence-corrected chi connectivity index (χ4v) is 3.78. The summed E-state index contributed by atoms with van der Waals surface area (Å²) in [4.78, 5) is 18.2. The van der Waals surface area contributed by atoms with Crippen LogP contribution < -0.4 is 10.1 Å². The van der Waals surface area contributed by atoms with E-state index in [2.05, 4.69) is 24.1 Å². The highest BCUT2D eigenvalue weighted by Gasteiger charge is 2.22. The van der Waals surface area contributed by atoms with Gasteiger partial charge in [-0.05, 0) is 42.7 Å². The lowest BCUT2D eigenvalue weighted by Gasteiger charge is -2.15. The first-order valence-electron chi connectivity index (χ1n) is 8.58. The van der Waals surface area contributed by atoms with Crippen LogP contribution in [0.2, 0.25) is 0 Å². The number of nitrogens with zero attached hydrogens (tertiary/aromatic N) is 2. The highest BCUT2D eigenvalue weighted by molar-refractivity contribution is 7.16. The highest BCUT2D eigenvalue weighted by Crippen LogP contribution is 2.28. The average molecular weight is 369 g/mol. The van der Waals surface area contributed by atoms with Gasteiger partial charge in [0.15, 0.2) is 5.13 Å². The zero-order chi connectivity index (χ0) is 18.7. The third kappa shape index (κ3) is 3.80. The lowest BCUT2D eigenvalue weighted by atomic mass is 10.1. The van der Waals surface area contributed by atoms with Gasteiger partial charge in [-0.3, -0.25) is 4.79 Å². The van der Waals surface area contributed by atoms with Crippen LogP contribution >= 0.6 is 11.3 Å². The molecule has 3 aromatic rings. The normalized spacial score (nSPS) is 12.2. The van der Waals surface area contributed by atoms with Crippen molar-refractivity contribution in [2.75, 3.05) is 7.11 Å². The van der Waals surface area contributed by atoms with Crippen LogP contribution in [0.15, 0.2) is 48.8 Å². The lowest BCUT2D eigenvalue weighted by Crippen LogP contribution is -2.26. The number of hydrogen-bond donors (Lipinski definition) is 1. The number of aromatic nitrogens is 2. The first-order chi connectivity index (χ1) is 12.5. The second-order valence-electron chi connectivity index (χ2n) is 6.42. The number of carbonyl (C=O) groups excluding carboxylic acids is 1. The molecule has 0 aliphatic carbocycles. The van der Waals surface area contributed by atoms with E-state index in [1.54, 1.807) is 7.11 Å². The number of carbonyl (C=O) groups is 1. The van der Waals surface area contributed by atoms with Crippen LogP contribution in [-0.4, -0.2) is 22.6 Å². The Labute approximate surface area is 157 Å². The SMILES string of the molecule is COc1ccc([C@@H](C)NC(=O)c2sc(-n3cccc3)nc2C(C)C)cc1. The van der Waals surface area contributed by atoms with Crippen LogP contribution in [0.3, 0.4) is 0 Å². The smallest absolute Gasteiger partial charge is 0.263 e. The maximum absolute atomic E-state index is 12.9. The Morgan fingerprint density at radius 2 is 1.81 bits per heavy atom. The molecule has 0 saturated heterocycles. The molecule has 0 aliphatic heterocycles. The maximum Gasteiger partial charge on any atom is 0.263 e. The second kappa shape index (κ2) is 7.74. The molecule has 1 atom stereocenters. The summed E-state index contributed by atoms with van der Waals surface area (Å²) >= 11 is 1.42. The zero-order valence-electron chi connectivity index (χ0n) is 15.4. The largest absolute Gasteiger partial charge is 0.497 e. The van der Waals surface area contributed by atoms with Crippen molar-refractivity contribution in [3.05, 3.63) is 64.9 Å². The van der Waals surface area contributed by atoms with Crippen LogP contribution in [0.4, 0.5) is 0 Å². The van der Waals surface area contributed by atoms with Gasteiger partial charge >= 0.3 is 0 Å². The van der Waals surface area contributed by atoms with Crippen LogP contribution in [0.1, 0.15) is 53.7 Å². The van der Waals surface area contributed by atoms with E-state index in [-0.39, 0.29) is 17.9 Å². The predicted molar refractivity (Wildman–Crippen MR) is 104 cm³/mol. The molecule has 2 aromatic heterocycles. The average Bonchev–Trinajstić information content (AvgIpc) is 3.31. The van der Waals surface area contributed by atoms with Crippen molar-refractivity contribution in [3.63, 3.8) is 0 Å². The zero-order valence-corrected chi connectivity index (χ0v) is 16.2. The van der Waals surface area contributed by atoms with Gasteiger partial charge in [-0.2, -0.15) is 0 Å². The van der Waals surface area contributed by atoms with Crippen LogP contribution in [0, 0.1) is 0 Å². The third-order valence-corrected chi connectivity index (χ3v) is 5.27. The Balaban J connectivity index is 1.82. The van der Waals surface area contributed by atoms with E-state index in [0.29, 0.717) is 4.88 Å². The number of benzene rings is 1. The minimum absolute atomic E-state index is 0.0899. The van der Waals surface area contributed by atoms with Gasteiger partial charge in [0.2, 0.25) is 0 Å². The molecule has 0 aliphatic rings. The van der Waals surface area contributed by atoms with Gasteiger partial charge in [0.1, 0.15) is 10.6 Å². The molecule has 0 radical (unpaired) electrons. The van der Waals surface area contributed by atoms with E-state index in [1.807, 2.05) is 60.3 Å². The molecule has 3 rings (SSSR count). The minimum atomic E-state index is -0.106. The predicted octanol–water partition coefficient (Wildman–Crippen LogP) is 4.56. The molecule has 26 heavy (non-hydrogen) atoms. The van der Waals surface area contributed by atoms with Gasteiger partial charge in [0.05, 0.1) is 18.8 Å². The van der Waals surface area contributed by atoms with E-state index >= 15 is 0 Å². The monoisotopic (exact) mass is 369 g/mol. The van der Waals surface area contributed by atoms with E-state index < -0.39 is 0 Å². The molecular weight excluding hydrogens is 346 g/mol. The number of amides is 1. The molecule has 5 nitrogen and oxygen atoms in total. The Bertz CT molecular complexity index is 867. The second-order valence-corrected chi connectivity index (χ2v) is 7.40. The lowest BCUT2D eigenvalue weighted by molar-refractivity contribution is 0.0942. The number of rotatable bonds is 6. The number of methoxy groups -OCH3 is 1. The molecule has 136 valence electrons. The first-order valence-corrected chi connectivity index (χ1v) is 9.40. The quantitative estimate of drug-likeness (QED) is 0.693. The van der Waals surface area contributed by atoms with E-state index in [1.165, 1.54) is 11.3 Å². The molecule has 2 heterocycles.